The van der Waals surface area contributed by atoms with Gasteiger partial charge in [-0.1, -0.05) is 59.0 Å². The summed E-state index contributed by atoms with van der Waals surface area (Å²) in [6, 6.07) is 28.6. The van der Waals surface area contributed by atoms with Crippen LogP contribution in [-0.2, 0) is 25.2 Å². The molecule has 0 radical (unpaired) electrons. The van der Waals surface area contributed by atoms with E-state index in [0.717, 1.165) is 4.90 Å². The van der Waals surface area contributed by atoms with E-state index in [9.17, 15) is 9.59 Å². The van der Waals surface area contributed by atoms with Crippen molar-refractivity contribution in [2.45, 2.75) is 44.8 Å². The number of unbranched alkanes of at least 4 members (excludes halogenated alkanes) is 1. The zero-order valence-corrected chi connectivity index (χ0v) is 20.9. The van der Waals surface area contributed by atoms with Crippen LogP contribution in [0.25, 0.3) is 0 Å². The Labute approximate surface area is 205 Å². The molecule has 0 aliphatic carbocycles. The first-order chi connectivity index (χ1) is 15.5. The lowest BCUT2D eigenvalue weighted by atomic mass is 10.2. The van der Waals surface area contributed by atoms with Gasteiger partial charge in [-0.2, -0.15) is 0 Å². The summed E-state index contributed by atoms with van der Waals surface area (Å²) in [5.41, 5.74) is 0. The number of alkyl halides is 1. The second kappa shape index (κ2) is 12.6. The van der Waals surface area contributed by atoms with Crippen LogP contribution >= 0.6 is 22.6 Å². The van der Waals surface area contributed by atoms with Crippen LogP contribution in [-0.4, -0.2) is 22.5 Å². The molecule has 0 saturated carbocycles. The highest BCUT2D eigenvalue weighted by Gasteiger charge is 2.28. The van der Waals surface area contributed by atoms with E-state index < -0.39 is 0 Å². The topological polar surface area (TPSA) is 52.6 Å². The number of ether oxygens (including phenoxy) is 2. The molecule has 0 N–H and O–H groups in total. The molecule has 1 unspecified atom stereocenters. The highest BCUT2D eigenvalue weighted by atomic mass is 127. The van der Waals surface area contributed by atoms with Gasteiger partial charge in [0, 0.05) is 6.42 Å². The molecule has 3 aromatic rings. The van der Waals surface area contributed by atoms with Gasteiger partial charge in [0.15, 0.2) is 14.7 Å². The molecule has 6 heteroatoms. The van der Waals surface area contributed by atoms with E-state index in [1.807, 2.05) is 59.0 Å². The molecular weight excluding hydrogens is 535 g/mol. The smallest absolute Gasteiger partial charge is 0.318 e. The maximum atomic E-state index is 12.2. The van der Waals surface area contributed by atoms with Crippen molar-refractivity contribution in [3.63, 3.8) is 0 Å². The van der Waals surface area contributed by atoms with Gasteiger partial charge in [-0.05, 0) is 68.3 Å². The zero-order valence-electron chi connectivity index (χ0n) is 17.9. The quantitative estimate of drug-likeness (QED) is 0.0737. The number of hydrogen-bond acceptors (Lipinski definition) is 4. The molecule has 32 heavy (non-hydrogen) atoms. The number of carbonyl (C=O) groups excluding carboxylic acids is 2. The average molecular weight is 561 g/mol. The summed E-state index contributed by atoms with van der Waals surface area (Å²) in [6.45, 7) is 2.11. The Morgan fingerprint density at radius 2 is 1.34 bits per heavy atom. The first-order valence-electron chi connectivity index (χ1n) is 10.5. The third-order valence-electron chi connectivity index (χ3n) is 4.59. The van der Waals surface area contributed by atoms with E-state index >= 15 is 0 Å². The molecule has 0 aliphatic heterocycles. The van der Waals surface area contributed by atoms with Gasteiger partial charge >= 0.3 is 11.9 Å². The van der Waals surface area contributed by atoms with Crippen LogP contribution in [0.4, 0.5) is 0 Å². The van der Waals surface area contributed by atoms with E-state index in [1.165, 1.54) is 9.79 Å². The highest BCUT2D eigenvalue weighted by Crippen LogP contribution is 2.31. The third kappa shape index (κ3) is 7.38. The summed E-state index contributed by atoms with van der Waals surface area (Å²) in [5.74, 6) is 0.0309. The van der Waals surface area contributed by atoms with Gasteiger partial charge in [0.1, 0.15) is 9.67 Å². The number of carbonyl (C=O) groups is 2. The van der Waals surface area contributed by atoms with E-state index in [-0.39, 0.29) is 33.2 Å². The molecule has 4 nitrogen and oxygen atoms in total. The maximum Gasteiger partial charge on any atom is 0.318 e. The van der Waals surface area contributed by atoms with Crippen LogP contribution in [0, 0.1) is 0 Å². The number of halogens is 1. The van der Waals surface area contributed by atoms with Crippen LogP contribution in [0.15, 0.2) is 99.6 Å². The molecule has 0 bridgehead atoms. The maximum absolute atomic E-state index is 12.2. The Balaban J connectivity index is 1.57. The van der Waals surface area contributed by atoms with Gasteiger partial charge in [-0.3, -0.25) is 9.59 Å². The lowest BCUT2D eigenvalue weighted by Crippen LogP contribution is -2.15. The average Bonchev–Trinajstić information content (AvgIpc) is 2.81. The van der Waals surface area contributed by atoms with Gasteiger partial charge in [-0.15, -0.1) is 0 Å². The predicted molar refractivity (Wildman–Crippen MR) is 135 cm³/mol. The molecule has 0 aliphatic rings. The van der Waals surface area contributed by atoms with E-state index in [4.69, 9.17) is 9.47 Å². The summed E-state index contributed by atoms with van der Waals surface area (Å²) >= 11 is 2.02. The molecule has 1 atom stereocenters. The molecule has 166 valence electrons. The fourth-order valence-corrected chi connectivity index (χ4v) is 5.27. The molecular formula is C26H26IO4S+. The second-order valence-corrected chi connectivity index (χ2v) is 11.0. The first kappa shape index (κ1) is 24.3. The van der Waals surface area contributed by atoms with Crippen molar-refractivity contribution in [1.29, 1.82) is 0 Å². The van der Waals surface area contributed by atoms with Crippen LogP contribution in [0.5, 0.6) is 5.75 Å². The Morgan fingerprint density at radius 1 is 0.812 bits per heavy atom. The van der Waals surface area contributed by atoms with E-state index in [1.54, 1.807) is 6.92 Å². The summed E-state index contributed by atoms with van der Waals surface area (Å²) in [6.07, 6.45) is 1.54. The van der Waals surface area contributed by atoms with Crippen LogP contribution in [0.2, 0.25) is 0 Å². The van der Waals surface area contributed by atoms with E-state index in [0.29, 0.717) is 25.2 Å². The van der Waals surface area contributed by atoms with Crippen molar-refractivity contribution in [1.82, 2.24) is 0 Å². The molecule has 0 fully saturated rings. The monoisotopic (exact) mass is 561 g/mol. The Morgan fingerprint density at radius 3 is 1.88 bits per heavy atom. The largest absolute Gasteiger partial charge is 0.465 e. The van der Waals surface area contributed by atoms with Crippen molar-refractivity contribution < 1.29 is 19.1 Å². The standard InChI is InChI=1S/C26H26IO4S/c1-20(27)26(29)30-19-9-8-14-25(28)31-21-15-17-24(18-16-21)32(22-10-4-2-5-11-22)23-12-6-3-7-13-23/h2-7,10-13,15-18,20H,8-9,14,19H2,1H3/q+1. The van der Waals surface area contributed by atoms with Crippen molar-refractivity contribution >= 4 is 45.4 Å². The Bertz CT molecular complexity index is 952. The number of rotatable bonds is 10. The summed E-state index contributed by atoms with van der Waals surface area (Å²) in [7, 11) is -0.233. The summed E-state index contributed by atoms with van der Waals surface area (Å²) < 4.78 is 10.4. The minimum Gasteiger partial charge on any atom is -0.465 e. The molecule has 3 aromatic carbocycles. The molecule has 3 rings (SSSR count). The summed E-state index contributed by atoms with van der Waals surface area (Å²) in [5, 5.41) is 0. The van der Waals surface area contributed by atoms with Crippen molar-refractivity contribution in [3.8, 4) is 5.75 Å². The zero-order chi connectivity index (χ0) is 22.8. The second-order valence-electron chi connectivity index (χ2n) is 7.12. The number of esters is 2. The SMILES string of the molecule is CC(I)C(=O)OCCCCC(=O)Oc1ccc([S+](c2ccccc2)c2ccccc2)cc1. The van der Waals surface area contributed by atoms with Gasteiger partial charge in [0.05, 0.1) is 17.5 Å². The molecule has 0 aromatic heterocycles. The van der Waals surface area contributed by atoms with Gasteiger partial charge in [-0.25, -0.2) is 0 Å². The van der Waals surface area contributed by atoms with Gasteiger partial charge < -0.3 is 9.47 Å². The van der Waals surface area contributed by atoms with Gasteiger partial charge in [0.25, 0.3) is 0 Å². The normalized spacial score (nSPS) is 11.7. The molecule has 0 heterocycles. The third-order valence-corrected chi connectivity index (χ3v) is 7.33. The minimum atomic E-state index is -0.281. The van der Waals surface area contributed by atoms with Crippen LogP contribution in [0.1, 0.15) is 26.2 Å². The fourth-order valence-electron chi connectivity index (χ4n) is 3.01. The molecule has 0 saturated heterocycles. The molecule has 0 amide bonds. The van der Waals surface area contributed by atoms with Crippen molar-refractivity contribution in [2.75, 3.05) is 6.61 Å². The fraction of sp³-hybridized carbons (Fsp3) is 0.231. The highest BCUT2D eigenvalue weighted by molar-refractivity contribution is 14.1. The molecule has 0 spiro atoms. The van der Waals surface area contributed by atoms with Crippen molar-refractivity contribution in [3.05, 3.63) is 84.9 Å². The number of hydrogen-bond donors (Lipinski definition) is 0. The minimum absolute atomic E-state index is 0.162. The summed E-state index contributed by atoms with van der Waals surface area (Å²) in [4.78, 5) is 27.2. The Kier molecular flexibility index (Phi) is 9.62. The first-order valence-corrected chi connectivity index (χ1v) is 13.0. The van der Waals surface area contributed by atoms with Crippen molar-refractivity contribution in [2.24, 2.45) is 0 Å². The van der Waals surface area contributed by atoms with Crippen LogP contribution < -0.4 is 4.74 Å². The lowest BCUT2D eigenvalue weighted by Gasteiger charge is -2.09. The van der Waals surface area contributed by atoms with Gasteiger partial charge in [0.2, 0.25) is 0 Å². The number of benzene rings is 3. The Hall–Kier alpha value is -2.32. The van der Waals surface area contributed by atoms with Crippen LogP contribution in [0.3, 0.4) is 0 Å². The predicted octanol–water partition coefficient (Wildman–Crippen LogP) is 6.22. The van der Waals surface area contributed by atoms with E-state index in [2.05, 4.69) is 48.5 Å². The lowest BCUT2D eigenvalue weighted by molar-refractivity contribution is -0.142.